The number of anilines is 1. The summed E-state index contributed by atoms with van der Waals surface area (Å²) in [6.45, 7) is 0.0274. The van der Waals surface area contributed by atoms with E-state index in [-0.39, 0.29) is 18.7 Å². The van der Waals surface area contributed by atoms with Crippen molar-refractivity contribution >= 4 is 39.4 Å². The number of nitrogens with zero attached hydrogens (tertiary/aromatic N) is 1. The number of rotatable bonds is 6. The van der Waals surface area contributed by atoms with E-state index in [0.717, 1.165) is 5.56 Å². The van der Waals surface area contributed by atoms with Gasteiger partial charge in [-0.1, -0.05) is 70.4 Å². The van der Waals surface area contributed by atoms with Crippen molar-refractivity contribution in [3.8, 4) is 12.3 Å². The van der Waals surface area contributed by atoms with E-state index in [1.807, 2.05) is 36.4 Å². The molecule has 0 saturated carbocycles. The lowest BCUT2D eigenvalue weighted by Gasteiger charge is -2.21. The monoisotopic (exact) mass is 435 g/mol. The van der Waals surface area contributed by atoms with Crippen LogP contribution in [0.1, 0.15) is 17.5 Å². The second-order valence-electron chi connectivity index (χ2n) is 6.39. The first-order valence-corrected chi connectivity index (χ1v) is 9.45. The summed E-state index contributed by atoms with van der Waals surface area (Å²) in [5, 5.41) is 11.1. The summed E-state index contributed by atoms with van der Waals surface area (Å²) in [6.07, 6.45) is 11.6. The lowest BCUT2D eigenvalue weighted by Crippen LogP contribution is -2.41. The van der Waals surface area contributed by atoms with E-state index in [4.69, 9.17) is 6.42 Å². The summed E-state index contributed by atoms with van der Waals surface area (Å²) in [6, 6.07) is 14.8. The maximum Gasteiger partial charge on any atom is 0.265 e. The zero-order chi connectivity index (χ0) is 20.1. The minimum Gasteiger partial charge on any atom is -0.375 e. The minimum absolute atomic E-state index is 0.0274. The maximum absolute atomic E-state index is 12.8. The van der Waals surface area contributed by atoms with Crippen molar-refractivity contribution in [3.63, 3.8) is 0 Å². The molecule has 1 heterocycles. The van der Waals surface area contributed by atoms with Gasteiger partial charge in [0.2, 0.25) is 0 Å². The van der Waals surface area contributed by atoms with E-state index in [1.54, 1.807) is 30.4 Å². The van der Waals surface area contributed by atoms with Crippen LogP contribution >= 0.6 is 15.9 Å². The van der Waals surface area contributed by atoms with Crippen molar-refractivity contribution in [2.45, 2.75) is 12.0 Å². The standard InChI is InChI=1S/C23H18BrNO3/c1-2-14-25-21-13-12-18(24)15-20(21)23(28,22(25)27)16-19(26)11-7-6-10-17-8-4-3-5-9-17/h1,3-13,15,28H,14,16H2/b10-6+,11-7+. The average molecular weight is 436 g/mol. The second-order valence-corrected chi connectivity index (χ2v) is 7.30. The lowest BCUT2D eigenvalue weighted by atomic mass is 9.90. The molecule has 0 fully saturated rings. The summed E-state index contributed by atoms with van der Waals surface area (Å²) < 4.78 is 0.703. The number of hydrogen-bond donors (Lipinski definition) is 1. The van der Waals surface area contributed by atoms with Gasteiger partial charge in [0.15, 0.2) is 11.4 Å². The minimum atomic E-state index is -1.93. The molecule has 1 amide bonds. The van der Waals surface area contributed by atoms with E-state index in [0.29, 0.717) is 15.7 Å². The fourth-order valence-electron chi connectivity index (χ4n) is 3.15. The Kier molecular flexibility index (Phi) is 5.93. The molecule has 0 radical (unpaired) electrons. The topological polar surface area (TPSA) is 57.6 Å². The van der Waals surface area contributed by atoms with Crippen molar-refractivity contribution < 1.29 is 14.7 Å². The zero-order valence-corrected chi connectivity index (χ0v) is 16.6. The molecule has 3 rings (SSSR count). The number of terminal acetylenes is 1. The summed E-state index contributed by atoms with van der Waals surface area (Å²) in [4.78, 5) is 26.6. The Bertz CT molecular complexity index is 1000. The molecule has 0 bridgehead atoms. The van der Waals surface area contributed by atoms with Crippen molar-refractivity contribution in [2.75, 3.05) is 11.4 Å². The van der Waals surface area contributed by atoms with Crippen LogP contribution in [-0.4, -0.2) is 23.3 Å². The van der Waals surface area contributed by atoms with Gasteiger partial charge in [-0.3, -0.25) is 14.5 Å². The van der Waals surface area contributed by atoms with Crippen LogP contribution < -0.4 is 4.90 Å². The Morgan fingerprint density at radius 3 is 2.68 bits per heavy atom. The molecule has 0 aliphatic carbocycles. The molecule has 0 saturated heterocycles. The highest BCUT2D eigenvalue weighted by Gasteiger charge is 2.50. The number of hydrogen-bond acceptors (Lipinski definition) is 3. The largest absolute Gasteiger partial charge is 0.375 e. The molecule has 0 aromatic heterocycles. The first-order valence-electron chi connectivity index (χ1n) is 8.66. The molecular formula is C23H18BrNO3. The highest BCUT2D eigenvalue weighted by Crippen LogP contribution is 2.43. The first kappa shape index (κ1) is 19.8. The molecule has 1 atom stereocenters. The third kappa shape index (κ3) is 3.99. The zero-order valence-electron chi connectivity index (χ0n) is 15.0. The number of amides is 1. The molecule has 1 aliphatic heterocycles. The van der Waals surface area contributed by atoms with E-state index in [1.165, 1.54) is 11.0 Å². The summed E-state index contributed by atoms with van der Waals surface area (Å²) in [5.74, 6) is 1.48. The van der Waals surface area contributed by atoms with Crippen LogP contribution in [0.2, 0.25) is 0 Å². The summed E-state index contributed by atoms with van der Waals surface area (Å²) >= 11 is 3.35. The number of allylic oxidation sites excluding steroid dienone is 3. The third-order valence-electron chi connectivity index (χ3n) is 4.45. The van der Waals surface area contributed by atoms with Gasteiger partial charge in [0, 0.05) is 10.0 Å². The lowest BCUT2D eigenvalue weighted by molar-refractivity contribution is -0.140. The van der Waals surface area contributed by atoms with Crippen LogP contribution in [0.25, 0.3) is 6.08 Å². The van der Waals surface area contributed by atoms with Gasteiger partial charge in [0.05, 0.1) is 18.7 Å². The molecule has 5 heteroatoms. The number of carbonyl (C=O) groups is 2. The van der Waals surface area contributed by atoms with Crippen molar-refractivity contribution in [2.24, 2.45) is 0 Å². The predicted octanol–water partition coefficient (Wildman–Crippen LogP) is 3.85. The maximum atomic E-state index is 12.8. The molecule has 2 aromatic carbocycles. The van der Waals surface area contributed by atoms with Crippen LogP contribution in [0, 0.1) is 12.3 Å². The van der Waals surface area contributed by atoms with Crippen molar-refractivity contribution in [1.29, 1.82) is 0 Å². The molecule has 140 valence electrons. The fourth-order valence-corrected chi connectivity index (χ4v) is 3.51. The second kappa shape index (κ2) is 8.39. The molecule has 1 N–H and O–H groups in total. The number of ketones is 1. The number of aliphatic hydroxyl groups is 1. The van der Waals surface area contributed by atoms with E-state index >= 15 is 0 Å². The molecule has 28 heavy (non-hydrogen) atoms. The quantitative estimate of drug-likeness (QED) is 0.425. The van der Waals surface area contributed by atoms with Gasteiger partial charge >= 0.3 is 0 Å². The van der Waals surface area contributed by atoms with Gasteiger partial charge in [-0.2, -0.15) is 0 Å². The fraction of sp³-hybridized carbons (Fsp3) is 0.130. The van der Waals surface area contributed by atoms with Crippen LogP contribution in [0.15, 0.2) is 71.2 Å². The third-order valence-corrected chi connectivity index (χ3v) is 4.95. The number of carbonyl (C=O) groups excluding carboxylic acids is 2. The summed E-state index contributed by atoms with van der Waals surface area (Å²) in [5.41, 5.74) is -0.0217. The molecule has 0 spiro atoms. The molecule has 4 nitrogen and oxygen atoms in total. The van der Waals surface area contributed by atoms with Crippen LogP contribution in [-0.2, 0) is 15.2 Å². The Balaban J connectivity index is 1.79. The van der Waals surface area contributed by atoms with Crippen molar-refractivity contribution in [3.05, 3.63) is 82.4 Å². The van der Waals surface area contributed by atoms with Gasteiger partial charge in [-0.05, 0) is 29.8 Å². The molecule has 1 aliphatic rings. The number of fused-ring (bicyclic) bond motifs is 1. The summed E-state index contributed by atoms with van der Waals surface area (Å²) in [7, 11) is 0. The highest BCUT2D eigenvalue weighted by molar-refractivity contribution is 9.10. The molecule has 1 unspecified atom stereocenters. The Hall–Kier alpha value is -2.94. The molecule has 2 aromatic rings. The predicted molar refractivity (Wildman–Crippen MR) is 113 cm³/mol. The smallest absolute Gasteiger partial charge is 0.265 e. The van der Waals surface area contributed by atoms with E-state index in [9.17, 15) is 14.7 Å². The Morgan fingerprint density at radius 1 is 1.21 bits per heavy atom. The molecular weight excluding hydrogens is 418 g/mol. The van der Waals surface area contributed by atoms with Gasteiger partial charge in [0.1, 0.15) is 0 Å². The number of halogens is 1. The van der Waals surface area contributed by atoms with Gasteiger partial charge in [-0.15, -0.1) is 6.42 Å². The average Bonchev–Trinajstić information content (AvgIpc) is 2.88. The Labute approximate surface area is 172 Å². The van der Waals surface area contributed by atoms with Crippen LogP contribution in [0.4, 0.5) is 5.69 Å². The van der Waals surface area contributed by atoms with Crippen molar-refractivity contribution in [1.82, 2.24) is 0 Å². The normalized spacial score (nSPS) is 18.6. The number of benzene rings is 2. The van der Waals surface area contributed by atoms with Gasteiger partial charge in [-0.25, -0.2) is 0 Å². The SMILES string of the molecule is C#CCN1C(=O)C(O)(CC(=O)/C=C/C=C/c2ccccc2)c2cc(Br)ccc21. The van der Waals surface area contributed by atoms with Gasteiger partial charge in [0.25, 0.3) is 5.91 Å². The Morgan fingerprint density at radius 2 is 1.96 bits per heavy atom. The highest BCUT2D eigenvalue weighted by atomic mass is 79.9. The van der Waals surface area contributed by atoms with Crippen LogP contribution in [0.5, 0.6) is 0 Å². The van der Waals surface area contributed by atoms with Crippen LogP contribution in [0.3, 0.4) is 0 Å². The van der Waals surface area contributed by atoms with E-state index in [2.05, 4.69) is 21.9 Å². The van der Waals surface area contributed by atoms with Gasteiger partial charge < -0.3 is 5.11 Å². The first-order chi connectivity index (χ1) is 13.5. The van der Waals surface area contributed by atoms with E-state index < -0.39 is 11.5 Å².